The van der Waals surface area contributed by atoms with E-state index in [4.69, 9.17) is 0 Å². The summed E-state index contributed by atoms with van der Waals surface area (Å²) in [6.07, 6.45) is 1.99. The third-order valence-electron chi connectivity index (χ3n) is 3.87. The van der Waals surface area contributed by atoms with Crippen LogP contribution in [0, 0.1) is 17.6 Å². The molecule has 2 atom stereocenters. The first-order valence-electron chi connectivity index (χ1n) is 7.30. The Morgan fingerprint density at radius 2 is 2.14 bits per heavy atom. The Bertz CT molecular complexity index is 589. The number of hydrogen-bond donors (Lipinski definition) is 1. The van der Waals surface area contributed by atoms with Gasteiger partial charge in [0, 0.05) is 11.6 Å². The third-order valence-corrected chi connectivity index (χ3v) is 5.71. The number of nitrogens with one attached hydrogen (secondary N) is 1. The molecule has 1 N–H and O–H groups in total. The first-order valence-corrected chi connectivity index (χ1v) is 9.12. The van der Waals surface area contributed by atoms with E-state index < -0.39 is 21.5 Å². The summed E-state index contributed by atoms with van der Waals surface area (Å²) in [5, 5.41) is 3.21. The fourth-order valence-corrected chi connectivity index (χ4v) is 4.69. The first-order chi connectivity index (χ1) is 9.91. The second-order valence-corrected chi connectivity index (χ2v) is 7.91. The third kappa shape index (κ3) is 4.48. The van der Waals surface area contributed by atoms with Gasteiger partial charge < -0.3 is 5.32 Å². The van der Waals surface area contributed by atoms with Crippen LogP contribution < -0.4 is 5.32 Å². The lowest BCUT2D eigenvalue weighted by Gasteiger charge is -2.22. The van der Waals surface area contributed by atoms with E-state index in [1.807, 2.05) is 6.92 Å². The summed E-state index contributed by atoms with van der Waals surface area (Å²) >= 11 is 0. The lowest BCUT2D eigenvalue weighted by Crippen LogP contribution is -2.26. The fourth-order valence-electron chi connectivity index (χ4n) is 2.81. The summed E-state index contributed by atoms with van der Waals surface area (Å²) in [6.45, 7) is 2.67. The quantitative estimate of drug-likeness (QED) is 0.877. The summed E-state index contributed by atoms with van der Waals surface area (Å²) in [6, 6.07) is 3.07. The van der Waals surface area contributed by atoms with Crippen LogP contribution in [0.3, 0.4) is 0 Å². The van der Waals surface area contributed by atoms with E-state index in [0.29, 0.717) is 19.4 Å². The Morgan fingerprint density at radius 1 is 1.38 bits per heavy atom. The lowest BCUT2D eigenvalue weighted by molar-refractivity contribution is 0.401. The van der Waals surface area contributed by atoms with E-state index in [0.717, 1.165) is 18.6 Å². The minimum absolute atomic E-state index is 0.00650. The van der Waals surface area contributed by atoms with Crippen molar-refractivity contribution in [2.75, 3.05) is 18.1 Å². The van der Waals surface area contributed by atoms with Crippen LogP contribution in [0.25, 0.3) is 0 Å². The smallest absolute Gasteiger partial charge is 0.150 e. The summed E-state index contributed by atoms with van der Waals surface area (Å²) in [7, 11) is -2.96. The number of benzene rings is 1. The van der Waals surface area contributed by atoms with Crippen LogP contribution in [0.1, 0.15) is 37.8 Å². The minimum Gasteiger partial charge on any atom is -0.310 e. The van der Waals surface area contributed by atoms with Gasteiger partial charge in [0.1, 0.15) is 11.6 Å². The fraction of sp³-hybridized carbons (Fsp3) is 0.600. The Balaban J connectivity index is 2.16. The zero-order chi connectivity index (χ0) is 15.5. The van der Waals surface area contributed by atoms with Gasteiger partial charge in [0.25, 0.3) is 0 Å². The van der Waals surface area contributed by atoms with E-state index in [2.05, 4.69) is 5.32 Å². The van der Waals surface area contributed by atoms with Crippen molar-refractivity contribution in [3.63, 3.8) is 0 Å². The highest BCUT2D eigenvalue weighted by atomic mass is 32.2. The number of halogens is 2. The topological polar surface area (TPSA) is 46.2 Å². The van der Waals surface area contributed by atoms with Crippen molar-refractivity contribution in [3.05, 3.63) is 35.4 Å². The minimum atomic E-state index is -2.96. The van der Waals surface area contributed by atoms with Gasteiger partial charge in [0.2, 0.25) is 0 Å². The molecule has 1 aliphatic heterocycles. The number of rotatable bonds is 6. The van der Waals surface area contributed by atoms with Gasteiger partial charge in [0.05, 0.1) is 11.5 Å². The van der Waals surface area contributed by atoms with Gasteiger partial charge in [-0.3, -0.25) is 0 Å². The highest BCUT2D eigenvalue weighted by Crippen LogP contribution is 2.30. The Labute approximate surface area is 124 Å². The maximum absolute atomic E-state index is 13.9. The Kier molecular flexibility index (Phi) is 5.32. The monoisotopic (exact) mass is 317 g/mol. The Morgan fingerprint density at radius 3 is 2.76 bits per heavy atom. The molecule has 0 spiro atoms. The summed E-state index contributed by atoms with van der Waals surface area (Å²) in [5.41, 5.74) is 0.285. The molecule has 1 aromatic carbocycles. The molecular formula is C15H21F2NO2S. The predicted molar refractivity (Wildman–Crippen MR) is 78.8 cm³/mol. The highest BCUT2D eigenvalue weighted by Gasteiger charge is 2.30. The molecule has 1 aliphatic rings. The van der Waals surface area contributed by atoms with Crippen LogP contribution in [-0.4, -0.2) is 26.5 Å². The van der Waals surface area contributed by atoms with Crippen molar-refractivity contribution in [2.45, 2.75) is 32.2 Å². The molecule has 0 aromatic heterocycles. The largest absolute Gasteiger partial charge is 0.310 e. The molecule has 0 aliphatic carbocycles. The maximum atomic E-state index is 13.9. The molecular weight excluding hydrogens is 296 g/mol. The standard InChI is InChI=1S/C15H21F2NO2S/c1-2-6-18-15(8-11-5-7-21(19,20)10-11)13-9-12(16)3-4-14(13)17/h3-4,9,11,15,18H,2,5-8,10H2,1H3. The van der Waals surface area contributed by atoms with Gasteiger partial charge in [-0.15, -0.1) is 0 Å². The van der Waals surface area contributed by atoms with Crippen LogP contribution in [-0.2, 0) is 9.84 Å². The van der Waals surface area contributed by atoms with Crippen molar-refractivity contribution < 1.29 is 17.2 Å². The predicted octanol–water partition coefficient (Wildman–Crippen LogP) is 2.83. The van der Waals surface area contributed by atoms with E-state index in [1.54, 1.807) is 0 Å². The SMILES string of the molecule is CCCNC(CC1CCS(=O)(=O)C1)c1cc(F)ccc1F. The van der Waals surface area contributed by atoms with Crippen LogP contribution in [0.5, 0.6) is 0 Å². The normalized spacial score (nSPS) is 22.3. The number of sulfone groups is 1. The van der Waals surface area contributed by atoms with Crippen molar-refractivity contribution in [1.82, 2.24) is 5.32 Å². The lowest BCUT2D eigenvalue weighted by atomic mass is 9.93. The zero-order valence-electron chi connectivity index (χ0n) is 12.1. The van der Waals surface area contributed by atoms with E-state index in [9.17, 15) is 17.2 Å². The second kappa shape index (κ2) is 6.83. The van der Waals surface area contributed by atoms with Gasteiger partial charge in [-0.25, -0.2) is 17.2 Å². The molecule has 3 nitrogen and oxygen atoms in total. The average Bonchev–Trinajstić information content (AvgIpc) is 2.77. The molecule has 118 valence electrons. The van der Waals surface area contributed by atoms with Gasteiger partial charge >= 0.3 is 0 Å². The van der Waals surface area contributed by atoms with Crippen molar-refractivity contribution in [3.8, 4) is 0 Å². The van der Waals surface area contributed by atoms with E-state index >= 15 is 0 Å². The molecule has 1 heterocycles. The van der Waals surface area contributed by atoms with Gasteiger partial charge in [-0.05, 0) is 49.9 Å². The van der Waals surface area contributed by atoms with E-state index in [-0.39, 0.29) is 29.0 Å². The second-order valence-electron chi connectivity index (χ2n) is 5.68. The molecule has 0 radical (unpaired) electrons. The number of hydrogen-bond acceptors (Lipinski definition) is 3. The van der Waals surface area contributed by atoms with Crippen molar-refractivity contribution in [2.24, 2.45) is 5.92 Å². The molecule has 1 aromatic rings. The van der Waals surface area contributed by atoms with E-state index in [1.165, 1.54) is 6.07 Å². The molecule has 1 saturated heterocycles. The maximum Gasteiger partial charge on any atom is 0.150 e. The molecule has 0 amide bonds. The zero-order valence-corrected chi connectivity index (χ0v) is 12.9. The van der Waals surface area contributed by atoms with Crippen LogP contribution in [0.2, 0.25) is 0 Å². The summed E-state index contributed by atoms with van der Waals surface area (Å²) in [5.74, 6) is -0.579. The van der Waals surface area contributed by atoms with Gasteiger partial charge in [-0.1, -0.05) is 6.92 Å². The average molecular weight is 317 g/mol. The first kappa shape index (κ1) is 16.4. The molecule has 6 heteroatoms. The highest BCUT2D eigenvalue weighted by molar-refractivity contribution is 7.91. The van der Waals surface area contributed by atoms with Crippen molar-refractivity contribution >= 4 is 9.84 Å². The van der Waals surface area contributed by atoms with Crippen LogP contribution in [0.4, 0.5) is 8.78 Å². The Hall–Kier alpha value is -1.01. The molecule has 2 rings (SSSR count). The molecule has 2 unspecified atom stereocenters. The summed E-state index contributed by atoms with van der Waals surface area (Å²) < 4.78 is 50.4. The molecule has 0 saturated carbocycles. The van der Waals surface area contributed by atoms with Gasteiger partial charge in [0.15, 0.2) is 9.84 Å². The molecule has 0 bridgehead atoms. The van der Waals surface area contributed by atoms with Crippen LogP contribution >= 0.6 is 0 Å². The van der Waals surface area contributed by atoms with Gasteiger partial charge in [-0.2, -0.15) is 0 Å². The molecule has 21 heavy (non-hydrogen) atoms. The van der Waals surface area contributed by atoms with Crippen molar-refractivity contribution in [1.29, 1.82) is 0 Å². The molecule has 1 fully saturated rings. The van der Waals surface area contributed by atoms with Crippen LogP contribution in [0.15, 0.2) is 18.2 Å². The summed E-state index contributed by atoms with van der Waals surface area (Å²) in [4.78, 5) is 0.